The zero-order valence-corrected chi connectivity index (χ0v) is 11.1. The third kappa shape index (κ3) is 2.27. The molecule has 1 heterocycles. The maximum absolute atomic E-state index is 12.1. The summed E-state index contributed by atoms with van der Waals surface area (Å²) in [7, 11) is 0. The second kappa shape index (κ2) is 5.10. The van der Waals surface area contributed by atoms with E-state index in [0.717, 1.165) is 19.3 Å². The minimum Gasteiger partial charge on any atom is -0.479 e. The first kappa shape index (κ1) is 13.1. The van der Waals surface area contributed by atoms with Gasteiger partial charge in [0.1, 0.15) is 5.54 Å². The third-order valence-corrected chi connectivity index (χ3v) is 4.63. The van der Waals surface area contributed by atoms with Gasteiger partial charge in [0.15, 0.2) is 0 Å². The standard InChI is InChI=1S/C13H17NO3S/c1-9-5-2-3-7-13(9,12(16)17)14-11(15)10-6-4-8-18-10/h4,6,8-9H,2-3,5,7H2,1H3,(H,14,15)(H,16,17). The Morgan fingerprint density at radius 1 is 1.50 bits per heavy atom. The van der Waals surface area contributed by atoms with E-state index in [1.165, 1.54) is 11.3 Å². The molecule has 1 aliphatic carbocycles. The first-order valence-corrected chi connectivity index (χ1v) is 7.03. The van der Waals surface area contributed by atoms with Gasteiger partial charge in [-0.2, -0.15) is 0 Å². The van der Waals surface area contributed by atoms with Crippen molar-refractivity contribution in [2.75, 3.05) is 0 Å². The summed E-state index contributed by atoms with van der Waals surface area (Å²) in [6, 6.07) is 3.50. The van der Waals surface area contributed by atoms with Crippen LogP contribution in [-0.4, -0.2) is 22.5 Å². The van der Waals surface area contributed by atoms with Crippen molar-refractivity contribution in [2.45, 2.75) is 38.1 Å². The molecular formula is C13H17NO3S. The van der Waals surface area contributed by atoms with Gasteiger partial charge < -0.3 is 10.4 Å². The van der Waals surface area contributed by atoms with E-state index in [0.29, 0.717) is 11.3 Å². The molecule has 1 fully saturated rings. The van der Waals surface area contributed by atoms with E-state index in [9.17, 15) is 14.7 Å². The predicted molar refractivity (Wildman–Crippen MR) is 69.8 cm³/mol. The lowest BCUT2D eigenvalue weighted by Gasteiger charge is -2.39. The van der Waals surface area contributed by atoms with E-state index in [1.54, 1.807) is 12.1 Å². The Labute approximate surface area is 110 Å². The highest BCUT2D eigenvalue weighted by Crippen LogP contribution is 2.34. The summed E-state index contributed by atoms with van der Waals surface area (Å²) in [5, 5.41) is 14.1. The Bertz CT molecular complexity index is 443. The summed E-state index contributed by atoms with van der Waals surface area (Å²) >= 11 is 1.33. The van der Waals surface area contributed by atoms with Crippen LogP contribution in [0.15, 0.2) is 17.5 Å². The van der Waals surface area contributed by atoms with Crippen molar-refractivity contribution in [3.8, 4) is 0 Å². The molecule has 2 unspecified atom stereocenters. The topological polar surface area (TPSA) is 66.4 Å². The fraction of sp³-hybridized carbons (Fsp3) is 0.538. The van der Waals surface area contributed by atoms with Crippen molar-refractivity contribution in [3.63, 3.8) is 0 Å². The van der Waals surface area contributed by atoms with E-state index in [-0.39, 0.29) is 11.8 Å². The van der Waals surface area contributed by atoms with E-state index >= 15 is 0 Å². The molecule has 1 aliphatic rings. The van der Waals surface area contributed by atoms with Gasteiger partial charge in [-0.05, 0) is 30.2 Å². The molecule has 0 bridgehead atoms. The SMILES string of the molecule is CC1CCCCC1(NC(=O)c1cccs1)C(=O)O. The lowest BCUT2D eigenvalue weighted by molar-refractivity contribution is -0.148. The lowest BCUT2D eigenvalue weighted by atomic mass is 9.73. The van der Waals surface area contributed by atoms with Crippen LogP contribution in [0.1, 0.15) is 42.3 Å². The van der Waals surface area contributed by atoms with Gasteiger partial charge in [0.25, 0.3) is 5.91 Å². The van der Waals surface area contributed by atoms with Crippen LogP contribution in [0.3, 0.4) is 0 Å². The van der Waals surface area contributed by atoms with Gasteiger partial charge in [0, 0.05) is 0 Å². The van der Waals surface area contributed by atoms with Crippen molar-refractivity contribution in [2.24, 2.45) is 5.92 Å². The number of aliphatic carboxylic acids is 1. The molecule has 18 heavy (non-hydrogen) atoms. The number of rotatable bonds is 3. The molecule has 2 N–H and O–H groups in total. The van der Waals surface area contributed by atoms with Crippen LogP contribution in [0, 0.1) is 5.92 Å². The van der Waals surface area contributed by atoms with Crippen LogP contribution < -0.4 is 5.32 Å². The summed E-state index contributed by atoms with van der Waals surface area (Å²) in [6.07, 6.45) is 3.24. The summed E-state index contributed by atoms with van der Waals surface area (Å²) in [6.45, 7) is 1.90. The summed E-state index contributed by atoms with van der Waals surface area (Å²) in [5.41, 5.74) is -1.10. The van der Waals surface area contributed by atoms with E-state index < -0.39 is 11.5 Å². The minimum absolute atomic E-state index is 0.0346. The largest absolute Gasteiger partial charge is 0.479 e. The number of carbonyl (C=O) groups excluding carboxylic acids is 1. The second-order valence-corrected chi connectivity index (χ2v) is 5.80. The zero-order chi connectivity index (χ0) is 13.2. The highest BCUT2D eigenvalue weighted by atomic mass is 32.1. The second-order valence-electron chi connectivity index (χ2n) is 4.85. The zero-order valence-electron chi connectivity index (χ0n) is 10.3. The van der Waals surface area contributed by atoms with Crippen molar-refractivity contribution < 1.29 is 14.7 Å². The normalized spacial score (nSPS) is 27.7. The Morgan fingerprint density at radius 3 is 2.83 bits per heavy atom. The highest BCUT2D eigenvalue weighted by Gasteiger charge is 2.46. The molecule has 1 saturated carbocycles. The van der Waals surface area contributed by atoms with Gasteiger partial charge in [-0.15, -0.1) is 11.3 Å². The van der Waals surface area contributed by atoms with Crippen LogP contribution >= 0.6 is 11.3 Å². The molecule has 2 atom stereocenters. The van der Waals surface area contributed by atoms with Crippen molar-refractivity contribution in [1.82, 2.24) is 5.32 Å². The van der Waals surface area contributed by atoms with Crippen molar-refractivity contribution in [3.05, 3.63) is 22.4 Å². The smallest absolute Gasteiger partial charge is 0.329 e. The number of carboxylic acid groups (broad SMARTS) is 1. The Balaban J connectivity index is 2.21. The average Bonchev–Trinajstić information content (AvgIpc) is 2.85. The maximum atomic E-state index is 12.1. The third-order valence-electron chi connectivity index (χ3n) is 3.76. The van der Waals surface area contributed by atoms with Crippen LogP contribution in [0.5, 0.6) is 0 Å². The van der Waals surface area contributed by atoms with E-state index in [4.69, 9.17) is 0 Å². The molecule has 1 aromatic heterocycles. The number of carboxylic acids is 1. The molecule has 0 saturated heterocycles. The molecule has 0 aliphatic heterocycles. The number of hydrogen-bond donors (Lipinski definition) is 2. The number of carbonyl (C=O) groups is 2. The van der Waals surface area contributed by atoms with Crippen LogP contribution in [-0.2, 0) is 4.79 Å². The van der Waals surface area contributed by atoms with Crippen LogP contribution in [0.2, 0.25) is 0 Å². The van der Waals surface area contributed by atoms with Gasteiger partial charge in [0.05, 0.1) is 4.88 Å². The molecule has 4 nitrogen and oxygen atoms in total. The Hall–Kier alpha value is -1.36. The molecule has 98 valence electrons. The van der Waals surface area contributed by atoms with E-state index in [1.807, 2.05) is 12.3 Å². The van der Waals surface area contributed by atoms with Crippen LogP contribution in [0.25, 0.3) is 0 Å². The quantitative estimate of drug-likeness (QED) is 0.884. The first-order chi connectivity index (χ1) is 8.56. The highest BCUT2D eigenvalue weighted by molar-refractivity contribution is 7.12. The molecule has 5 heteroatoms. The number of amides is 1. The molecular weight excluding hydrogens is 250 g/mol. The Kier molecular flexibility index (Phi) is 3.71. The molecule has 0 aromatic carbocycles. The fourth-order valence-corrected chi connectivity index (χ4v) is 3.19. The minimum atomic E-state index is -1.10. The molecule has 0 radical (unpaired) electrons. The van der Waals surface area contributed by atoms with Crippen LogP contribution in [0.4, 0.5) is 0 Å². The summed E-state index contributed by atoms with van der Waals surface area (Å²) in [5.74, 6) is -1.23. The summed E-state index contributed by atoms with van der Waals surface area (Å²) < 4.78 is 0. The monoisotopic (exact) mass is 267 g/mol. The maximum Gasteiger partial charge on any atom is 0.329 e. The predicted octanol–water partition coefficient (Wildman–Crippen LogP) is 2.51. The molecule has 1 amide bonds. The number of thiophene rings is 1. The first-order valence-electron chi connectivity index (χ1n) is 6.15. The number of hydrogen-bond acceptors (Lipinski definition) is 3. The molecule has 0 spiro atoms. The molecule has 1 aromatic rings. The van der Waals surface area contributed by atoms with Crippen molar-refractivity contribution >= 4 is 23.2 Å². The van der Waals surface area contributed by atoms with Gasteiger partial charge >= 0.3 is 5.97 Å². The van der Waals surface area contributed by atoms with Gasteiger partial charge in [-0.1, -0.05) is 25.8 Å². The fourth-order valence-electron chi connectivity index (χ4n) is 2.58. The van der Waals surface area contributed by atoms with E-state index in [2.05, 4.69) is 5.32 Å². The number of nitrogens with one attached hydrogen (secondary N) is 1. The average molecular weight is 267 g/mol. The van der Waals surface area contributed by atoms with Crippen molar-refractivity contribution in [1.29, 1.82) is 0 Å². The lowest BCUT2D eigenvalue weighted by Crippen LogP contribution is -2.59. The van der Waals surface area contributed by atoms with Gasteiger partial charge in [0.2, 0.25) is 0 Å². The van der Waals surface area contributed by atoms with Gasteiger partial charge in [-0.25, -0.2) is 4.79 Å². The van der Waals surface area contributed by atoms with Gasteiger partial charge in [-0.3, -0.25) is 4.79 Å². The Morgan fingerprint density at radius 2 is 2.28 bits per heavy atom. The summed E-state index contributed by atoms with van der Waals surface area (Å²) in [4.78, 5) is 24.2. The molecule has 2 rings (SSSR count).